The largest absolute Gasteiger partial charge is 0.447 e. The quantitative estimate of drug-likeness (QED) is 0.268. The summed E-state index contributed by atoms with van der Waals surface area (Å²) in [5.74, 6) is -0.271. The molecule has 0 unspecified atom stereocenters. The Bertz CT molecular complexity index is 1280. The van der Waals surface area contributed by atoms with E-state index in [1.54, 1.807) is 18.2 Å². The fraction of sp³-hybridized carbons (Fsp3) is 0.185. The number of aromatic nitrogens is 1. The minimum absolute atomic E-state index is 0.0355. The first-order chi connectivity index (χ1) is 16.9. The number of nitrogens with zero attached hydrogens (tertiary/aromatic N) is 2. The molecule has 0 aliphatic heterocycles. The lowest BCUT2D eigenvalue weighted by molar-refractivity contribution is 0.0945. The van der Waals surface area contributed by atoms with E-state index in [9.17, 15) is 9.18 Å². The van der Waals surface area contributed by atoms with Gasteiger partial charge >= 0.3 is 0 Å². The van der Waals surface area contributed by atoms with Gasteiger partial charge in [0.15, 0.2) is 5.69 Å². The van der Waals surface area contributed by atoms with Crippen molar-refractivity contribution in [3.05, 3.63) is 123 Å². The van der Waals surface area contributed by atoms with E-state index in [1.165, 1.54) is 18.4 Å². The summed E-state index contributed by atoms with van der Waals surface area (Å²) in [6.45, 7) is 3.31. The van der Waals surface area contributed by atoms with E-state index in [0.717, 1.165) is 16.7 Å². The van der Waals surface area contributed by atoms with Crippen LogP contribution >= 0.6 is 23.2 Å². The van der Waals surface area contributed by atoms with Crippen LogP contribution in [0.3, 0.4) is 0 Å². The van der Waals surface area contributed by atoms with Crippen LogP contribution in [0.2, 0.25) is 10.0 Å². The Kier molecular flexibility index (Phi) is 8.18. The molecule has 0 radical (unpaired) electrons. The maximum atomic E-state index is 13.1. The Morgan fingerprint density at radius 2 is 1.71 bits per heavy atom. The molecule has 180 valence electrons. The number of amides is 1. The topological polar surface area (TPSA) is 58.4 Å². The summed E-state index contributed by atoms with van der Waals surface area (Å²) in [6.07, 6.45) is 1.35. The smallest absolute Gasteiger partial charge is 0.273 e. The Hall–Kier alpha value is -3.19. The molecule has 0 bridgehead atoms. The summed E-state index contributed by atoms with van der Waals surface area (Å²) in [5, 5.41) is 3.77. The van der Waals surface area contributed by atoms with E-state index in [4.69, 9.17) is 27.6 Å². The lowest BCUT2D eigenvalue weighted by Crippen LogP contribution is -2.27. The predicted octanol–water partition coefficient (Wildman–Crippen LogP) is 6.81. The molecule has 0 saturated carbocycles. The number of carbonyl (C=O) groups is 1. The third-order valence-corrected chi connectivity index (χ3v) is 6.43. The van der Waals surface area contributed by atoms with Crippen molar-refractivity contribution in [1.29, 1.82) is 0 Å². The SMILES string of the molecule is C[C@H](c1ccccc1)N(Cc1ccc(Cl)c(Cl)c1)Cc1nc(C(=O)NCc2ccc(F)cc2)co1. The van der Waals surface area contributed by atoms with Gasteiger partial charge in [0.05, 0.1) is 16.6 Å². The van der Waals surface area contributed by atoms with Gasteiger partial charge in [0.2, 0.25) is 5.89 Å². The Morgan fingerprint density at radius 1 is 1.00 bits per heavy atom. The van der Waals surface area contributed by atoms with Gasteiger partial charge in [-0.05, 0) is 47.9 Å². The average molecular weight is 512 g/mol. The number of oxazole rings is 1. The summed E-state index contributed by atoms with van der Waals surface area (Å²) in [4.78, 5) is 19.1. The molecule has 8 heteroatoms. The molecule has 0 aliphatic rings. The van der Waals surface area contributed by atoms with E-state index in [1.807, 2.05) is 30.3 Å². The number of hydrogen-bond acceptors (Lipinski definition) is 4. The zero-order chi connectivity index (χ0) is 24.8. The van der Waals surface area contributed by atoms with Gasteiger partial charge < -0.3 is 9.73 Å². The second-order valence-corrected chi connectivity index (χ2v) is 8.99. The van der Waals surface area contributed by atoms with Crippen LogP contribution in [0.25, 0.3) is 0 Å². The van der Waals surface area contributed by atoms with Crippen LogP contribution in [0.15, 0.2) is 83.5 Å². The first kappa shape index (κ1) is 24.9. The molecule has 5 nitrogen and oxygen atoms in total. The number of benzene rings is 3. The first-order valence-corrected chi connectivity index (χ1v) is 11.8. The van der Waals surface area contributed by atoms with Crippen LogP contribution in [-0.4, -0.2) is 15.8 Å². The summed E-state index contributed by atoms with van der Waals surface area (Å²) in [5.41, 5.74) is 3.10. The average Bonchev–Trinajstić information content (AvgIpc) is 3.34. The predicted molar refractivity (Wildman–Crippen MR) is 135 cm³/mol. The highest BCUT2D eigenvalue weighted by Crippen LogP contribution is 2.27. The minimum Gasteiger partial charge on any atom is -0.447 e. The third kappa shape index (κ3) is 6.69. The molecule has 1 atom stereocenters. The van der Waals surface area contributed by atoms with Gasteiger partial charge in [-0.1, -0.05) is 71.7 Å². The van der Waals surface area contributed by atoms with Crippen LogP contribution in [0.4, 0.5) is 4.39 Å². The molecular formula is C27H24Cl2FN3O2. The van der Waals surface area contributed by atoms with Crippen molar-refractivity contribution in [1.82, 2.24) is 15.2 Å². The van der Waals surface area contributed by atoms with E-state index in [-0.39, 0.29) is 30.0 Å². The van der Waals surface area contributed by atoms with Crippen molar-refractivity contribution in [2.75, 3.05) is 0 Å². The van der Waals surface area contributed by atoms with Crippen LogP contribution in [-0.2, 0) is 19.6 Å². The van der Waals surface area contributed by atoms with Crippen LogP contribution in [0.1, 0.15) is 46.0 Å². The summed E-state index contributed by atoms with van der Waals surface area (Å²) >= 11 is 12.3. The molecule has 0 spiro atoms. The minimum atomic E-state index is -0.364. The molecule has 4 rings (SSSR count). The summed E-state index contributed by atoms with van der Waals surface area (Å²) < 4.78 is 18.7. The van der Waals surface area contributed by atoms with Gasteiger partial charge in [0.1, 0.15) is 12.1 Å². The van der Waals surface area contributed by atoms with Gasteiger partial charge in [-0.15, -0.1) is 0 Å². The molecule has 1 aromatic heterocycles. The number of rotatable bonds is 9. The van der Waals surface area contributed by atoms with Crippen LogP contribution < -0.4 is 5.32 Å². The molecule has 1 amide bonds. The second kappa shape index (κ2) is 11.5. The molecule has 35 heavy (non-hydrogen) atoms. The van der Waals surface area contributed by atoms with E-state index >= 15 is 0 Å². The molecular weight excluding hydrogens is 488 g/mol. The van der Waals surface area contributed by atoms with E-state index < -0.39 is 0 Å². The van der Waals surface area contributed by atoms with Gasteiger partial charge in [-0.25, -0.2) is 9.37 Å². The lowest BCUT2D eigenvalue weighted by atomic mass is 10.1. The Labute approximate surface area is 213 Å². The van der Waals surface area contributed by atoms with Crippen molar-refractivity contribution in [2.45, 2.75) is 32.6 Å². The van der Waals surface area contributed by atoms with Gasteiger partial charge in [-0.2, -0.15) is 0 Å². The molecule has 4 aromatic rings. The van der Waals surface area contributed by atoms with Gasteiger partial charge in [0, 0.05) is 19.1 Å². The molecule has 1 N–H and O–H groups in total. The van der Waals surface area contributed by atoms with Gasteiger partial charge in [-0.3, -0.25) is 9.69 Å². The fourth-order valence-corrected chi connectivity index (χ4v) is 4.00. The van der Waals surface area contributed by atoms with E-state index in [2.05, 4.69) is 34.3 Å². The number of nitrogens with one attached hydrogen (secondary N) is 1. The van der Waals surface area contributed by atoms with Crippen molar-refractivity contribution in [3.63, 3.8) is 0 Å². The number of halogens is 3. The Balaban J connectivity index is 1.47. The van der Waals surface area contributed by atoms with E-state index in [0.29, 0.717) is 29.0 Å². The lowest BCUT2D eigenvalue weighted by Gasteiger charge is -2.28. The molecule has 1 heterocycles. The monoisotopic (exact) mass is 511 g/mol. The summed E-state index contributed by atoms with van der Waals surface area (Å²) in [6, 6.07) is 21.6. The van der Waals surface area contributed by atoms with Gasteiger partial charge in [0.25, 0.3) is 5.91 Å². The zero-order valence-corrected chi connectivity index (χ0v) is 20.6. The maximum Gasteiger partial charge on any atom is 0.273 e. The second-order valence-electron chi connectivity index (χ2n) is 8.18. The maximum absolute atomic E-state index is 13.1. The Morgan fingerprint density at radius 3 is 2.43 bits per heavy atom. The molecule has 0 fully saturated rings. The number of hydrogen-bond donors (Lipinski definition) is 1. The zero-order valence-electron chi connectivity index (χ0n) is 19.0. The standard InChI is InChI=1S/C27H24Cl2FN3O2/c1-18(21-5-3-2-4-6-21)33(15-20-9-12-23(28)24(29)13-20)16-26-32-25(17-35-26)27(34)31-14-19-7-10-22(30)11-8-19/h2-13,17-18H,14-16H2,1H3,(H,31,34)/t18-/m1/s1. The van der Waals surface area contributed by atoms with Crippen molar-refractivity contribution < 1.29 is 13.6 Å². The van der Waals surface area contributed by atoms with Crippen molar-refractivity contribution >= 4 is 29.1 Å². The molecule has 3 aromatic carbocycles. The van der Waals surface area contributed by atoms with Crippen LogP contribution in [0, 0.1) is 5.82 Å². The number of carbonyl (C=O) groups excluding carboxylic acids is 1. The van der Waals surface area contributed by atoms with Crippen LogP contribution in [0.5, 0.6) is 0 Å². The van der Waals surface area contributed by atoms with Crippen molar-refractivity contribution in [2.24, 2.45) is 0 Å². The van der Waals surface area contributed by atoms with Crippen molar-refractivity contribution in [3.8, 4) is 0 Å². The highest BCUT2D eigenvalue weighted by Gasteiger charge is 2.21. The summed E-state index contributed by atoms with van der Waals surface area (Å²) in [7, 11) is 0. The highest BCUT2D eigenvalue weighted by atomic mass is 35.5. The molecule has 0 saturated heterocycles. The fourth-order valence-electron chi connectivity index (χ4n) is 3.68. The normalized spacial score (nSPS) is 12.0. The third-order valence-electron chi connectivity index (χ3n) is 5.69. The molecule has 0 aliphatic carbocycles. The first-order valence-electron chi connectivity index (χ1n) is 11.1. The highest BCUT2D eigenvalue weighted by molar-refractivity contribution is 6.42.